The average Bonchev–Trinajstić information content (AvgIpc) is 3.13. The highest BCUT2D eigenvalue weighted by molar-refractivity contribution is 6.35. The lowest BCUT2D eigenvalue weighted by Crippen LogP contribution is -2.53. The van der Waals surface area contributed by atoms with Crippen LogP contribution in [0.1, 0.15) is 51.4 Å². The number of pyridine rings is 1. The molecule has 0 saturated carbocycles. The maximum atomic E-state index is 14.3. The van der Waals surface area contributed by atoms with Gasteiger partial charge in [-0.2, -0.15) is 0 Å². The van der Waals surface area contributed by atoms with Crippen LogP contribution in [0.5, 0.6) is 17.2 Å². The molecule has 268 valence electrons. The number of rotatable bonds is 12. The Morgan fingerprint density at radius 1 is 0.961 bits per heavy atom. The van der Waals surface area contributed by atoms with Crippen LogP contribution in [0.25, 0.3) is 0 Å². The topological polar surface area (TPSA) is 125 Å². The Labute approximate surface area is 306 Å². The molecule has 3 aliphatic rings. The summed E-state index contributed by atoms with van der Waals surface area (Å²) in [6.07, 6.45) is 3.80. The van der Waals surface area contributed by atoms with Crippen LogP contribution in [0.4, 0.5) is 10.5 Å². The predicted molar refractivity (Wildman–Crippen MR) is 188 cm³/mol. The molecule has 3 aromatic carbocycles. The monoisotopic (exact) mass is 735 g/mol. The zero-order chi connectivity index (χ0) is 36.2. The molecule has 0 spiro atoms. The second-order valence-electron chi connectivity index (χ2n) is 12.7. The number of halogens is 2. The van der Waals surface area contributed by atoms with Gasteiger partial charge in [-0.05, 0) is 79.2 Å². The normalized spacial score (nSPS) is 18.5. The lowest BCUT2D eigenvalue weighted by molar-refractivity contribution is -0.904. The molecule has 3 aliphatic heterocycles. The first-order chi connectivity index (χ1) is 24.6. The summed E-state index contributed by atoms with van der Waals surface area (Å²) in [5.41, 5.74) is 2.44. The molecule has 0 radical (unpaired) electrons. The highest BCUT2D eigenvalue weighted by Gasteiger charge is 2.38. The highest BCUT2D eigenvalue weighted by atomic mass is 35.5. The molecule has 4 heterocycles. The van der Waals surface area contributed by atoms with Gasteiger partial charge in [-0.25, -0.2) is 4.79 Å². The predicted octanol–water partition coefficient (Wildman–Crippen LogP) is 5.52. The fourth-order valence-corrected chi connectivity index (χ4v) is 7.79. The van der Waals surface area contributed by atoms with Crippen LogP contribution in [0.3, 0.4) is 0 Å². The first-order valence-corrected chi connectivity index (χ1v) is 17.3. The van der Waals surface area contributed by atoms with E-state index in [4.69, 9.17) is 42.1 Å². The lowest BCUT2D eigenvalue weighted by Gasteiger charge is -2.44. The van der Waals surface area contributed by atoms with Crippen molar-refractivity contribution in [1.29, 1.82) is 0 Å². The van der Waals surface area contributed by atoms with Crippen molar-refractivity contribution in [1.82, 2.24) is 4.90 Å². The van der Waals surface area contributed by atoms with Gasteiger partial charge in [0.1, 0.15) is 21.9 Å². The molecule has 1 aromatic heterocycles. The number of hydrogen-bond donors (Lipinski definition) is 1. The fourth-order valence-electron chi connectivity index (χ4n) is 7.18. The molecule has 13 heteroatoms. The number of ether oxygens (including phenoxy) is 4. The molecular weight excluding hydrogens is 697 g/mol. The van der Waals surface area contributed by atoms with Crippen LogP contribution in [0.15, 0.2) is 73.1 Å². The van der Waals surface area contributed by atoms with E-state index in [9.17, 15) is 19.9 Å². The Morgan fingerprint density at radius 2 is 1.67 bits per heavy atom. The van der Waals surface area contributed by atoms with E-state index in [1.165, 1.54) is 37.6 Å². The lowest BCUT2D eigenvalue weighted by atomic mass is 9.80. The van der Waals surface area contributed by atoms with E-state index >= 15 is 0 Å². The number of hydrogen-bond acceptors (Lipinski definition) is 9. The molecule has 0 aliphatic carbocycles. The van der Waals surface area contributed by atoms with Gasteiger partial charge in [0.15, 0.2) is 11.5 Å². The maximum Gasteiger partial charge on any atom is 0.414 e. The minimum atomic E-state index is -1.40. The summed E-state index contributed by atoms with van der Waals surface area (Å²) in [4.78, 5) is 31.0. The van der Waals surface area contributed by atoms with Crippen molar-refractivity contribution in [3.63, 3.8) is 0 Å². The van der Waals surface area contributed by atoms with Crippen LogP contribution in [0.2, 0.25) is 10.0 Å². The smallest absolute Gasteiger partial charge is 0.414 e. The third-order valence-corrected chi connectivity index (χ3v) is 10.5. The summed E-state index contributed by atoms with van der Waals surface area (Å²) in [6.45, 7) is 2.59. The van der Waals surface area contributed by atoms with Crippen molar-refractivity contribution in [2.45, 2.75) is 37.8 Å². The number of piperidine rings is 3. The van der Waals surface area contributed by atoms with Gasteiger partial charge >= 0.3 is 6.09 Å². The Morgan fingerprint density at radius 3 is 2.29 bits per heavy atom. The minimum absolute atomic E-state index is 0.0553. The summed E-state index contributed by atoms with van der Waals surface area (Å²) >= 11 is 13.3. The van der Waals surface area contributed by atoms with E-state index < -0.39 is 18.0 Å². The minimum Gasteiger partial charge on any atom is -0.545 e. The second-order valence-corrected chi connectivity index (χ2v) is 13.5. The number of amides is 1. The Hall–Kier alpha value is -4.71. The molecule has 3 fully saturated rings. The number of carbonyl (C=O) groups excluding carboxylic acids is 2. The molecule has 1 amide bonds. The number of fused-ring (bicyclic) bond motifs is 3. The molecule has 0 unspecified atom stereocenters. The number of carbonyl (C=O) groups is 2. The van der Waals surface area contributed by atoms with E-state index in [1.54, 1.807) is 61.7 Å². The average molecular weight is 737 g/mol. The van der Waals surface area contributed by atoms with Gasteiger partial charge in [0, 0.05) is 34.4 Å². The molecule has 2 atom stereocenters. The van der Waals surface area contributed by atoms with Gasteiger partial charge in [-0.1, -0.05) is 53.5 Å². The molecule has 7 rings (SSSR count). The third-order valence-electron chi connectivity index (χ3n) is 9.81. The van der Waals surface area contributed by atoms with Crippen molar-refractivity contribution >= 4 is 41.0 Å². The van der Waals surface area contributed by atoms with Gasteiger partial charge in [-0.15, -0.1) is 0 Å². The molecule has 3 saturated heterocycles. The quantitative estimate of drug-likeness (QED) is 0.148. The molecule has 4 aromatic rings. The number of nitrogens with zero attached hydrogens (tertiary/aromatic N) is 3. The maximum absolute atomic E-state index is 14.3. The zero-order valence-corrected chi connectivity index (χ0v) is 30.0. The first-order valence-electron chi connectivity index (χ1n) is 16.6. The number of carboxylic acids is 1. The van der Waals surface area contributed by atoms with E-state index in [1.807, 2.05) is 0 Å². The molecule has 51 heavy (non-hydrogen) atoms. The van der Waals surface area contributed by atoms with Crippen molar-refractivity contribution in [3.8, 4) is 17.2 Å². The van der Waals surface area contributed by atoms with Gasteiger partial charge in [0.05, 0.1) is 39.5 Å². The number of aromatic carboxylic acids is 1. The molecule has 2 bridgehead atoms. The van der Waals surface area contributed by atoms with E-state index in [0.717, 1.165) is 30.7 Å². The van der Waals surface area contributed by atoms with Crippen molar-refractivity contribution in [2.75, 3.05) is 45.9 Å². The van der Waals surface area contributed by atoms with Gasteiger partial charge < -0.3 is 28.8 Å². The Kier molecular flexibility index (Phi) is 11.1. The van der Waals surface area contributed by atoms with Crippen LogP contribution < -0.4 is 28.9 Å². The molecular formula is C38H39Cl2N3O8. The summed E-state index contributed by atoms with van der Waals surface area (Å²) in [5, 5.41) is 23.3. The van der Waals surface area contributed by atoms with E-state index in [-0.39, 0.29) is 40.6 Å². The first kappa shape index (κ1) is 36.1. The van der Waals surface area contributed by atoms with E-state index in [0.29, 0.717) is 51.7 Å². The molecule has 1 N–H and O–H groups in total. The SMILES string of the molecule is COc1cccc(N(Cc2cccc(C(=O)[O-])c2[C@@H](Cc2c(Cl)c[n+](O)cc2Cl)c2ccc(OC)c(OC)c2)C(=O)O[C@H]2CN3CCC2CC3)c1. The van der Waals surface area contributed by atoms with Crippen LogP contribution >= 0.6 is 23.2 Å². The zero-order valence-electron chi connectivity index (χ0n) is 28.5. The number of carboxylic acid groups (broad SMARTS) is 1. The van der Waals surface area contributed by atoms with E-state index in [2.05, 4.69) is 4.90 Å². The van der Waals surface area contributed by atoms with Gasteiger partial charge in [0.25, 0.3) is 0 Å². The van der Waals surface area contributed by atoms with Crippen molar-refractivity contribution < 1.29 is 43.6 Å². The van der Waals surface area contributed by atoms with Crippen molar-refractivity contribution in [3.05, 3.63) is 111 Å². The second kappa shape index (κ2) is 15.7. The summed E-state index contributed by atoms with van der Waals surface area (Å²) < 4.78 is 23.6. The number of aromatic nitrogens is 1. The Balaban J connectivity index is 1.49. The fraction of sp³-hybridized carbons (Fsp3) is 0.342. The third kappa shape index (κ3) is 7.80. The summed E-state index contributed by atoms with van der Waals surface area (Å²) in [7, 11) is 4.57. The number of methoxy groups -OCH3 is 3. The Bertz CT molecular complexity index is 1890. The standard InChI is InChI=1S/C38H39Cl2N3O8/c1-48-27-8-5-7-26(17-27)43(38(46)51-35-22-41-14-12-23(35)13-15-41)19-25-6-4-9-28(37(44)45)36(25)29(18-30-31(39)20-42(47)21-32(30)40)24-10-11-33(49-2)34(16-24)50-3/h4-11,16-17,20-21,23,29,35H,12-15,18-19,22H2,1-3H3,(H-,44,45,47)/t29-,35-/m0/s1. The van der Waals surface area contributed by atoms with Crippen LogP contribution in [-0.2, 0) is 17.7 Å². The van der Waals surface area contributed by atoms with Crippen LogP contribution in [-0.4, -0.2) is 69.2 Å². The highest BCUT2D eigenvalue weighted by Crippen LogP contribution is 2.41. The number of anilines is 1. The molecule has 11 nitrogen and oxygen atoms in total. The number of benzene rings is 3. The largest absolute Gasteiger partial charge is 0.545 e. The van der Waals surface area contributed by atoms with Gasteiger partial charge in [-0.3, -0.25) is 15.0 Å². The summed E-state index contributed by atoms with van der Waals surface area (Å²) in [6, 6.07) is 17.2. The summed E-state index contributed by atoms with van der Waals surface area (Å²) in [5.74, 6) is -0.415. The van der Waals surface area contributed by atoms with Crippen LogP contribution in [0, 0.1) is 5.92 Å². The van der Waals surface area contributed by atoms with Gasteiger partial charge in [0.2, 0.25) is 12.4 Å². The van der Waals surface area contributed by atoms with Crippen molar-refractivity contribution in [2.24, 2.45) is 5.92 Å².